The fourth-order valence-electron chi connectivity index (χ4n) is 9.39. The molecule has 55 heavy (non-hydrogen) atoms. The van der Waals surface area contributed by atoms with Gasteiger partial charge in [0, 0.05) is 11.3 Å². The van der Waals surface area contributed by atoms with Gasteiger partial charge in [-0.15, -0.1) is 0 Å². The smallest absolute Gasteiger partial charge is 0.423 e. The third-order valence-electron chi connectivity index (χ3n) is 11.8. The van der Waals surface area contributed by atoms with Crippen LogP contribution in [-0.2, 0) is 23.5 Å². The van der Waals surface area contributed by atoms with Crippen molar-refractivity contribution in [2.45, 2.75) is 70.9 Å². The van der Waals surface area contributed by atoms with E-state index in [0.717, 1.165) is 57.1 Å². The first-order valence-electron chi connectivity index (χ1n) is 19.4. The van der Waals surface area contributed by atoms with Crippen LogP contribution in [-0.4, -0.2) is 62.7 Å². The van der Waals surface area contributed by atoms with E-state index in [2.05, 4.69) is 82.3 Å². The van der Waals surface area contributed by atoms with E-state index in [4.69, 9.17) is 13.9 Å². The summed E-state index contributed by atoms with van der Waals surface area (Å²) in [5.74, 6) is -2.51. The minimum atomic E-state index is -2.96. The van der Waals surface area contributed by atoms with Crippen LogP contribution < -0.4 is 10.4 Å². The Morgan fingerprint density at radius 3 is 2.13 bits per heavy atom. The Bertz CT molecular complexity index is 2100. The molecule has 0 radical (unpaired) electrons. The molecular weight excluding hydrogens is 707 g/mol. The van der Waals surface area contributed by atoms with Crippen molar-refractivity contribution in [2.75, 3.05) is 20.3 Å². The van der Waals surface area contributed by atoms with Crippen molar-refractivity contribution in [3.63, 3.8) is 0 Å². The normalized spacial score (nSPS) is 21.6. The number of carbonyl (C=O) groups is 3. The molecule has 1 N–H and O–H groups in total. The zero-order chi connectivity index (χ0) is 38.9. The van der Waals surface area contributed by atoms with Gasteiger partial charge in [0.2, 0.25) is 11.8 Å². The number of hydrogen-bond donors (Lipinski definition) is 1. The van der Waals surface area contributed by atoms with E-state index >= 15 is 0 Å². The van der Waals surface area contributed by atoms with Gasteiger partial charge >= 0.3 is 6.09 Å². The highest BCUT2D eigenvalue weighted by Crippen LogP contribution is 2.51. The molecule has 2 saturated heterocycles. The lowest BCUT2D eigenvalue weighted by atomic mass is 9.69. The number of aromatic hydroxyl groups is 1. The monoisotopic (exact) mass is 757 g/mol. The van der Waals surface area contributed by atoms with E-state index in [1.165, 1.54) is 12.7 Å². The van der Waals surface area contributed by atoms with Crippen molar-refractivity contribution in [2.24, 2.45) is 17.8 Å². The Balaban J connectivity index is 1.27. The summed E-state index contributed by atoms with van der Waals surface area (Å²) in [6, 6.07) is 32.5. The van der Waals surface area contributed by atoms with E-state index < -0.39 is 38.1 Å². The number of likely N-dealkylation sites (tertiary alicyclic amines) is 1. The maximum atomic E-state index is 13.9. The van der Waals surface area contributed by atoms with Crippen molar-refractivity contribution in [3.8, 4) is 5.75 Å². The Kier molecular flexibility index (Phi) is 11.0. The second-order valence-corrected chi connectivity index (χ2v) is 20.4. The first-order valence-corrected chi connectivity index (χ1v) is 21.3. The van der Waals surface area contributed by atoms with E-state index in [-0.39, 0.29) is 36.0 Å². The predicted octanol–water partition coefficient (Wildman–Crippen LogP) is 8.17. The molecule has 2 heterocycles. The van der Waals surface area contributed by atoms with Crippen molar-refractivity contribution in [1.82, 2.24) is 4.90 Å². The van der Waals surface area contributed by atoms with Gasteiger partial charge < -0.3 is 19.0 Å². The van der Waals surface area contributed by atoms with Crippen LogP contribution in [0.3, 0.4) is 0 Å². The molecule has 2 aliphatic heterocycles. The number of methoxy groups -OCH3 is 1. The van der Waals surface area contributed by atoms with Crippen LogP contribution >= 0.6 is 0 Å². The molecule has 4 aromatic carbocycles. The van der Waals surface area contributed by atoms with Crippen molar-refractivity contribution >= 4 is 53.4 Å². The molecule has 0 saturated carbocycles. The highest BCUT2D eigenvalue weighted by atomic mass is 28.4. The Morgan fingerprint density at radius 1 is 0.873 bits per heavy atom. The molecule has 3 amide bonds. The molecule has 8 nitrogen and oxygen atoms in total. The number of phenols is 1. The maximum absolute atomic E-state index is 13.9. The molecule has 0 spiro atoms. The summed E-state index contributed by atoms with van der Waals surface area (Å²) in [4.78, 5) is 41.2. The minimum absolute atomic E-state index is 0.260. The van der Waals surface area contributed by atoms with Crippen LogP contribution in [0.25, 0.3) is 16.8 Å². The fraction of sp³-hybridized carbons (Fsp3) is 0.370. The van der Waals surface area contributed by atoms with Crippen LogP contribution in [0.1, 0.15) is 65.4 Å². The van der Waals surface area contributed by atoms with E-state index in [0.29, 0.717) is 17.7 Å². The molecule has 0 aromatic heterocycles. The summed E-state index contributed by atoms with van der Waals surface area (Å²) in [6.45, 7) is 9.46. The number of benzene rings is 4. The number of fused-ring (bicyclic) bond motifs is 4. The number of allylic oxidation sites excluding steroid dienone is 1. The zero-order valence-electron chi connectivity index (χ0n) is 32.4. The van der Waals surface area contributed by atoms with E-state index in [9.17, 15) is 19.5 Å². The molecule has 2 fully saturated rings. The van der Waals surface area contributed by atoms with Gasteiger partial charge in [0.15, 0.2) is 0 Å². The molecule has 0 bridgehead atoms. The second kappa shape index (κ2) is 15.7. The first kappa shape index (κ1) is 38.4. The number of amides is 3. The van der Waals surface area contributed by atoms with Gasteiger partial charge in [-0.25, -0.2) is 4.79 Å². The first-order chi connectivity index (χ1) is 26.5. The molecule has 4 atom stereocenters. The van der Waals surface area contributed by atoms with Gasteiger partial charge in [0.25, 0.3) is 8.32 Å². The van der Waals surface area contributed by atoms with Crippen molar-refractivity contribution in [1.29, 1.82) is 0 Å². The highest BCUT2D eigenvalue weighted by Gasteiger charge is 2.59. The Hall–Kier alpha value is -4.83. The van der Waals surface area contributed by atoms with Crippen LogP contribution in [0.4, 0.5) is 4.79 Å². The molecule has 9 heteroatoms. The summed E-state index contributed by atoms with van der Waals surface area (Å²) in [6.07, 6.45) is 4.66. The van der Waals surface area contributed by atoms with E-state index in [1.807, 2.05) is 42.5 Å². The average Bonchev–Trinajstić information content (AvgIpc) is 3.72. The molecule has 286 valence electrons. The standard InChI is InChI=1S/C46H51NO7Si/c1-6-15-30(26-31-23-24-39(48)36-21-14-13-20-35(31)36)22-25-40-41-32(27-37-42(38(41)29-53-40)44(50)47(43(37)49)45(51)52-5)28-54-55(46(2,3)4,33-16-9-7-10-17-33)34-18-11-8-12-19-34/h7-14,16-21,23-24,26,37-38,40,42,48H,6,15,22,25,27-29H2,1-5H3/b30-26+/t37-,38+,40-,42-/m1/s1. The van der Waals surface area contributed by atoms with Gasteiger partial charge in [0.05, 0.1) is 38.3 Å². The Morgan fingerprint density at radius 2 is 1.51 bits per heavy atom. The number of phenolic OH excluding ortho intramolecular Hbond substituents is 1. The quantitative estimate of drug-likeness (QED) is 0.0936. The lowest BCUT2D eigenvalue weighted by Crippen LogP contribution is -2.66. The van der Waals surface area contributed by atoms with Crippen LogP contribution in [0.15, 0.2) is 114 Å². The minimum Gasteiger partial charge on any atom is -0.507 e. The Labute approximate surface area is 324 Å². The summed E-state index contributed by atoms with van der Waals surface area (Å²) in [7, 11) is -1.77. The summed E-state index contributed by atoms with van der Waals surface area (Å²) < 4.78 is 19.0. The van der Waals surface area contributed by atoms with Gasteiger partial charge in [-0.05, 0) is 69.3 Å². The van der Waals surface area contributed by atoms with Gasteiger partial charge in [-0.2, -0.15) is 4.90 Å². The molecule has 4 aromatic rings. The van der Waals surface area contributed by atoms with Crippen LogP contribution in [0.5, 0.6) is 5.75 Å². The summed E-state index contributed by atoms with van der Waals surface area (Å²) in [5, 5.41) is 14.4. The molecule has 3 aliphatic rings. The topological polar surface area (TPSA) is 102 Å². The predicted molar refractivity (Wildman–Crippen MR) is 217 cm³/mol. The molecule has 0 unspecified atom stereocenters. The van der Waals surface area contributed by atoms with Crippen molar-refractivity contribution in [3.05, 3.63) is 119 Å². The number of imide groups is 3. The lowest BCUT2D eigenvalue weighted by molar-refractivity contribution is -0.137. The van der Waals surface area contributed by atoms with Crippen molar-refractivity contribution < 1.29 is 33.4 Å². The van der Waals surface area contributed by atoms with Gasteiger partial charge in [-0.3, -0.25) is 9.59 Å². The summed E-state index contributed by atoms with van der Waals surface area (Å²) >= 11 is 0. The van der Waals surface area contributed by atoms with Crippen LogP contribution in [0, 0.1) is 17.8 Å². The zero-order valence-corrected chi connectivity index (χ0v) is 33.4. The molecule has 7 rings (SSSR count). The van der Waals surface area contributed by atoms with Gasteiger partial charge in [-0.1, -0.05) is 137 Å². The number of hydrogen-bond acceptors (Lipinski definition) is 7. The molecule has 1 aliphatic carbocycles. The largest absolute Gasteiger partial charge is 0.507 e. The van der Waals surface area contributed by atoms with Gasteiger partial charge in [0.1, 0.15) is 5.75 Å². The SMILES string of the molecule is CCC/C(=C\c1ccc(O)c2ccccc12)CC[C@H]1OC[C@H]2C1=C(CO[Si](c1ccccc1)(c1ccccc1)C(C)(C)C)C[C@H]1C(=O)N(C(=O)OC)C(=O)[C@H]12. The maximum Gasteiger partial charge on any atom is 0.423 e. The number of nitrogens with zero attached hydrogens (tertiary/aromatic N) is 1. The third-order valence-corrected chi connectivity index (χ3v) is 16.8. The number of rotatable bonds is 11. The highest BCUT2D eigenvalue weighted by molar-refractivity contribution is 6.99. The third kappa shape index (κ3) is 6.98. The number of carbonyl (C=O) groups excluding carboxylic acids is 3. The lowest BCUT2D eigenvalue weighted by Gasteiger charge is -2.44. The van der Waals surface area contributed by atoms with Crippen LogP contribution in [0.2, 0.25) is 5.04 Å². The average molecular weight is 758 g/mol. The second-order valence-electron chi connectivity index (χ2n) is 16.1. The van der Waals surface area contributed by atoms with E-state index in [1.54, 1.807) is 6.07 Å². The number of ether oxygens (including phenoxy) is 2. The summed E-state index contributed by atoms with van der Waals surface area (Å²) in [5.41, 5.74) is 4.35. The fourth-order valence-corrected chi connectivity index (χ4v) is 13.9. The molecular formula is C46H51NO7Si.